The van der Waals surface area contributed by atoms with Crippen molar-refractivity contribution in [3.63, 3.8) is 0 Å². The van der Waals surface area contributed by atoms with E-state index >= 15 is 0 Å². The largest absolute Gasteiger partial charge is 0.493 e. The van der Waals surface area contributed by atoms with Crippen LogP contribution in [0.5, 0.6) is 5.88 Å². The second-order valence-electron chi connectivity index (χ2n) is 5.60. The molecule has 0 unspecified atom stereocenters. The minimum Gasteiger partial charge on any atom is -0.493 e. The van der Waals surface area contributed by atoms with Crippen molar-refractivity contribution in [3.8, 4) is 5.88 Å². The molecule has 1 heterocycles. The lowest BCUT2D eigenvalue weighted by Crippen LogP contribution is -2.19. The van der Waals surface area contributed by atoms with E-state index in [0.717, 1.165) is 27.6 Å². The van der Waals surface area contributed by atoms with Crippen molar-refractivity contribution in [2.75, 3.05) is 11.9 Å². The molecule has 0 spiro atoms. The lowest BCUT2D eigenvalue weighted by molar-refractivity contribution is 0.441. The molecule has 0 amide bonds. The fourth-order valence-electron chi connectivity index (χ4n) is 1.69. The molecule has 2 N–H and O–H groups in total. The molecule has 0 saturated heterocycles. The quantitative estimate of drug-likeness (QED) is 0.875. The summed E-state index contributed by atoms with van der Waals surface area (Å²) < 4.78 is 1.00. The average Bonchev–Trinajstić information content (AvgIpc) is 2.25. The van der Waals surface area contributed by atoms with Crippen LogP contribution in [0.4, 0.5) is 5.69 Å². The zero-order valence-corrected chi connectivity index (χ0v) is 12.4. The zero-order valence-electron chi connectivity index (χ0n) is 10.8. The summed E-state index contributed by atoms with van der Waals surface area (Å²) in [4.78, 5) is 4.12. The van der Waals surface area contributed by atoms with Crippen LogP contribution in [-0.2, 0) is 0 Å². The van der Waals surface area contributed by atoms with Gasteiger partial charge in [0.25, 0.3) is 0 Å². The van der Waals surface area contributed by atoms with Crippen LogP contribution in [0.2, 0.25) is 0 Å². The van der Waals surface area contributed by atoms with Crippen molar-refractivity contribution in [2.24, 2.45) is 5.41 Å². The van der Waals surface area contributed by atoms with Gasteiger partial charge < -0.3 is 10.4 Å². The lowest BCUT2D eigenvalue weighted by atomic mass is 9.97. The highest BCUT2D eigenvalue weighted by atomic mass is 79.9. The van der Waals surface area contributed by atoms with Gasteiger partial charge in [-0.05, 0) is 23.6 Å². The number of hydrogen-bond acceptors (Lipinski definition) is 3. The van der Waals surface area contributed by atoms with Gasteiger partial charge in [-0.1, -0.05) is 36.7 Å². The first kappa shape index (κ1) is 13.1. The van der Waals surface area contributed by atoms with E-state index in [1.165, 1.54) is 0 Å². The van der Waals surface area contributed by atoms with Gasteiger partial charge in [-0.15, -0.1) is 0 Å². The van der Waals surface area contributed by atoms with Crippen LogP contribution in [0.25, 0.3) is 10.9 Å². The smallest absolute Gasteiger partial charge is 0.213 e. The van der Waals surface area contributed by atoms with Crippen LogP contribution in [0.1, 0.15) is 20.8 Å². The number of nitrogens with zero attached hydrogens (tertiary/aromatic N) is 1. The highest BCUT2D eigenvalue weighted by molar-refractivity contribution is 9.10. The SMILES string of the molecule is CC(C)(C)CNc1cc(O)nc2ccc(Br)cc12. The number of halogens is 1. The Hall–Kier alpha value is -1.29. The molecule has 0 aliphatic carbocycles. The average molecular weight is 309 g/mol. The Morgan fingerprint density at radius 1 is 1.28 bits per heavy atom. The molecule has 0 aliphatic rings. The Morgan fingerprint density at radius 2 is 2.00 bits per heavy atom. The first-order valence-corrected chi connectivity index (χ1v) is 6.68. The second kappa shape index (κ2) is 4.76. The highest BCUT2D eigenvalue weighted by Crippen LogP contribution is 2.29. The van der Waals surface area contributed by atoms with Gasteiger partial charge in [0.15, 0.2) is 0 Å². The predicted molar refractivity (Wildman–Crippen MR) is 79.1 cm³/mol. The van der Waals surface area contributed by atoms with Gasteiger partial charge in [-0.25, -0.2) is 4.98 Å². The summed E-state index contributed by atoms with van der Waals surface area (Å²) in [6.45, 7) is 7.33. The molecule has 2 aromatic rings. The minimum atomic E-state index is 0.0428. The van der Waals surface area contributed by atoms with Crippen LogP contribution in [0, 0.1) is 5.41 Å². The number of aromatic hydroxyl groups is 1. The molecule has 3 nitrogen and oxygen atoms in total. The third-order valence-corrected chi connectivity index (χ3v) is 3.06. The van der Waals surface area contributed by atoms with Crippen molar-refractivity contribution in [1.29, 1.82) is 0 Å². The Morgan fingerprint density at radius 3 is 2.67 bits per heavy atom. The third kappa shape index (κ3) is 3.13. The van der Waals surface area contributed by atoms with Gasteiger partial charge in [0.2, 0.25) is 5.88 Å². The first-order valence-electron chi connectivity index (χ1n) is 5.88. The number of benzene rings is 1. The van der Waals surface area contributed by atoms with E-state index in [1.54, 1.807) is 6.07 Å². The molecule has 1 aromatic heterocycles. The molecule has 96 valence electrons. The second-order valence-corrected chi connectivity index (χ2v) is 6.52. The van der Waals surface area contributed by atoms with Crippen molar-refractivity contribution in [3.05, 3.63) is 28.7 Å². The maximum absolute atomic E-state index is 9.65. The molecule has 0 radical (unpaired) electrons. The normalized spacial score (nSPS) is 11.8. The summed E-state index contributed by atoms with van der Waals surface area (Å²) in [7, 11) is 0. The summed E-state index contributed by atoms with van der Waals surface area (Å²) in [5.74, 6) is 0.0428. The maximum atomic E-state index is 9.65. The molecule has 2 rings (SSSR count). The summed E-state index contributed by atoms with van der Waals surface area (Å²) >= 11 is 3.46. The zero-order chi connectivity index (χ0) is 13.3. The number of nitrogens with one attached hydrogen (secondary N) is 1. The minimum absolute atomic E-state index is 0.0428. The molecule has 1 aromatic carbocycles. The van der Waals surface area contributed by atoms with E-state index in [2.05, 4.69) is 47.0 Å². The van der Waals surface area contributed by atoms with Gasteiger partial charge in [0.05, 0.1) is 5.52 Å². The van der Waals surface area contributed by atoms with Crippen LogP contribution < -0.4 is 5.32 Å². The van der Waals surface area contributed by atoms with Gasteiger partial charge in [0.1, 0.15) is 0 Å². The molecule has 0 bridgehead atoms. The maximum Gasteiger partial charge on any atom is 0.213 e. The van der Waals surface area contributed by atoms with Crippen LogP contribution in [0.3, 0.4) is 0 Å². The van der Waals surface area contributed by atoms with E-state index in [4.69, 9.17) is 0 Å². The topological polar surface area (TPSA) is 45.1 Å². The Bertz CT molecular complexity index is 576. The number of pyridine rings is 1. The standard InChI is InChI=1S/C14H17BrN2O/c1-14(2,3)8-16-12-7-13(18)17-11-5-4-9(15)6-10(11)12/h4-7H,8H2,1-3H3,(H2,16,17,18). The fourth-order valence-corrected chi connectivity index (χ4v) is 2.05. The molecule has 0 atom stereocenters. The molecule has 0 aliphatic heterocycles. The van der Waals surface area contributed by atoms with Crippen molar-refractivity contribution >= 4 is 32.5 Å². The molecular formula is C14H17BrN2O. The van der Waals surface area contributed by atoms with Crippen LogP contribution in [-0.4, -0.2) is 16.6 Å². The van der Waals surface area contributed by atoms with E-state index in [9.17, 15) is 5.11 Å². The Balaban J connectivity index is 2.44. The summed E-state index contributed by atoms with van der Waals surface area (Å²) in [6.07, 6.45) is 0. The first-order chi connectivity index (χ1) is 8.35. The highest BCUT2D eigenvalue weighted by Gasteiger charge is 2.12. The molecular weight excluding hydrogens is 292 g/mol. The van der Waals surface area contributed by atoms with Crippen molar-refractivity contribution in [2.45, 2.75) is 20.8 Å². The number of hydrogen-bond donors (Lipinski definition) is 2. The summed E-state index contributed by atoms with van der Waals surface area (Å²) in [5.41, 5.74) is 1.88. The van der Waals surface area contributed by atoms with E-state index in [1.807, 2.05) is 18.2 Å². The fraction of sp³-hybridized carbons (Fsp3) is 0.357. The van der Waals surface area contributed by atoms with E-state index in [-0.39, 0.29) is 11.3 Å². The van der Waals surface area contributed by atoms with Crippen molar-refractivity contribution in [1.82, 2.24) is 4.98 Å². The van der Waals surface area contributed by atoms with Gasteiger partial charge in [0, 0.05) is 28.2 Å². The third-order valence-electron chi connectivity index (χ3n) is 2.57. The summed E-state index contributed by atoms with van der Waals surface area (Å²) in [6, 6.07) is 7.48. The number of rotatable bonds is 2. The Kier molecular flexibility index (Phi) is 3.48. The van der Waals surface area contributed by atoms with Crippen LogP contribution in [0.15, 0.2) is 28.7 Å². The number of anilines is 1. The van der Waals surface area contributed by atoms with E-state index < -0.39 is 0 Å². The predicted octanol–water partition coefficient (Wildman–Crippen LogP) is 4.16. The molecule has 4 heteroatoms. The number of fused-ring (bicyclic) bond motifs is 1. The monoisotopic (exact) mass is 308 g/mol. The molecule has 0 saturated carbocycles. The van der Waals surface area contributed by atoms with Gasteiger partial charge in [-0.2, -0.15) is 0 Å². The van der Waals surface area contributed by atoms with Crippen LogP contribution >= 0.6 is 15.9 Å². The Labute approximate surface area is 115 Å². The van der Waals surface area contributed by atoms with Gasteiger partial charge >= 0.3 is 0 Å². The lowest BCUT2D eigenvalue weighted by Gasteiger charge is -2.20. The van der Waals surface area contributed by atoms with E-state index in [0.29, 0.717) is 0 Å². The molecule has 18 heavy (non-hydrogen) atoms. The molecule has 0 fully saturated rings. The van der Waals surface area contributed by atoms with Gasteiger partial charge in [-0.3, -0.25) is 0 Å². The number of aromatic nitrogens is 1. The summed E-state index contributed by atoms with van der Waals surface area (Å²) in [5, 5.41) is 14.0. The van der Waals surface area contributed by atoms with Crippen molar-refractivity contribution < 1.29 is 5.11 Å².